The fraction of sp³-hybridized carbons (Fsp3) is 0.455. The molecule has 78 valence electrons. The van der Waals surface area contributed by atoms with Crippen LogP contribution in [0, 0.1) is 11.6 Å². The Balaban J connectivity index is 2.54. The summed E-state index contributed by atoms with van der Waals surface area (Å²) in [6, 6.07) is 4.64. The molecule has 0 aliphatic rings. The van der Waals surface area contributed by atoms with Gasteiger partial charge in [0.25, 0.3) is 0 Å². The highest BCUT2D eigenvalue weighted by atomic mass is 19.2. The zero-order valence-electron chi connectivity index (χ0n) is 8.48. The predicted molar refractivity (Wildman–Crippen MR) is 53.2 cm³/mol. The van der Waals surface area contributed by atoms with Crippen LogP contribution >= 0.6 is 0 Å². The SMILES string of the molecule is CC(C)NCCc1cccc(F)c1F. The van der Waals surface area contributed by atoms with E-state index >= 15 is 0 Å². The van der Waals surface area contributed by atoms with Crippen molar-refractivity contribution in [1.29, 1.82) is 0 Å². The third-order valence-corrected chi connectivity index (χ3v) is 1.98. The van der Waals surface area contributed by atoms with Crippen LogP contribution in [0.1, 0.15) is 19.4 Å². The standard InChI is InChI=1S/C11H15F2N/c1-8(2)14-7-6-9-4-3-5-10(12)11(9)13/h3-5,8,14H,6-7H2,1-2H3. The summed E-state index contributed by atoms with van der Waals surface area (Å²) >= 11 is 0. The van der Waals surface area contributed by atoms with Crippen molar-refractivity contribution in [3.05, 3.63) is 35.4 Å². The topological polar surface area (TPSA) is 12.0 Å². The Morgan fingerprint density at radius 3 is 2.64 bits per heavy atom. The van der Waals surface area contributed by atoms with E-state index in [-0.39, 0.29) is 0 Å². The second kappa shape index (κ2) is 5.05. The van der Waals surface area contributed by atoms with Crippen molar-refractivity contribution in [2.45, 2.75) is 26.3 Å². The summed E-state index contributed by atoms with van der Waals surface area (Å²) < 4.78 is 25.9. The van der Waals surface area contributed by atoms with Gasteiger partial charge in [-0.05, 0) is 24.6 Å². The molecule has 0 atom stereocenters. The summed E-state index contributed by atoms with van der Waals surface area (Å²) in [6.45, 7) is 4.70. The van der Waals surface area contributed by atoms with E-state index in [2.05, 4.69) is 5.32 Å². The molecular formula is C11H15F2N. The lowest BCUT2D eigenvalue weighted by molar-refractivity contribution is 0.494. The van der Waals surface area contributed by atoms with Gasteiger partial charge in [-0.25, -0.2) is 8.78 Å². The molecule has 0 bridgehead atoms. The molecule has 0 radical (unpaired) electrons. The quantitative estimate of drug-likeness (QED) is 0.785. The van der Waals surface area contributed by atoms with Crippen LogP contribution in [0.4, 0.5) is 8.78 Å². The van der Waals surface area contributed by atoms with Crippen LogP contribution in [0.2, 0.25) is 0 Å². The highest BCUT2D eigenvalue weighted by molar-refractivity contribution is 5.19. The van der Waals surface area contributed by atoms with E-state index in [0.717, 1.165) is 6.07 Å². The van der Waals surface area contributed by atoms with Crippen molar-refractivity contribution < 1.29 is 8.78 Å². The van der Waals surface area contributed by atoms with Crippen LogP contribution < -0.4 is 5.32 Å². The maximum absolute atomic E-state index is 13.1. The molecule has 0 aliphatic carbocycles. The molecule has 0 amide bonds. The fourth-order valence-electron chi connectivity index (χ4n) is 1.24. The van der Waals surface area contributed by atoms with E-state index < -0.39 is 11.6 Å². The van der Waals surface area contributed by atoms with Gasteiger partial charge in [-0.15, -0.1) is 0 Å². The first-order valence-electron chi connectivity index (χ1n) is 4.77. The molecule has 14 heavy (non-hydrogen) atoms. The second-order valence-corrected chi connectivity index (χ2v) is 3.57. The lowest BCUT2D eigenvalue weighted by atomic mass is 10.1. The Morgan fingerprint density at radius 1 is 1.29 bits per heavy atom. The lowest BCUT2D eigenvalue weighted by Gasteiger charge is -2.08. The van der Waals surface area contributed by atoms with Crippen molar-refractivity contribution in [1.82, 2.24) is 5.32 Å². The van der Waals surface area contributed by atoms with Crippen molar-refractivity contribution in [3.8, 4) is 0 Å². The monoisotopic (exact) mass is 199 g/mol. The number of hydrogen-bond acceptors (Lipinski definition) is 1. The number of benzene rings is 1. The van der Waals surface area contributed by atoms with Gasteiger partial charge in [0.2, 0.25) is 0 Å². The molecule has 0 saturated heterocycles. The number of halogens is 2. The molecule has 1 rings (SSSR count). The van der Waals surface area contributed by atoms with Gasteiger partial charge in [0.05, 0.1) is 0 Å². The fourth-order valence-corrected chi connectivity index (χ4v) is 1.24. The highest BCUT2D eigenvalue weighted by Crippen LogP contribution is 2.11. The molecule has 0 saturated carbocycles. The summed E-state index contributed by atoms with van der Waals surface area (Å²) in [7, 11) is 0. The van der Waals surface area contributed by atoms with E-state index in [0.29, 0.717) is 24.6 Å². The summed E-state index contributed by atoms with van der Waals surface area (Å²) in [5, 5.41) is 3.15. The van der Waals surface area contributed by atoms with Gasteiger partial charge in [0.1, 0.15) is 0 Å². The third-order valence-electron chi connectivity index (χ3n) is 1.98. The maximum Gasteiger partial charge on any atom is 0.162 e. The van der Waals surface area contributed by atoms with Gasteiger partial charge < -0.3 is 5.32 Å². The minimum atomic E-state index is -0.771. The van der Waals surface area contributed by atoms with Gasteiger partial charge in [0.15, 0.2) is 11.6 Å². The lowest BCUT2D eigenvalue weighted by Crippen LogP contribution is -2.25. The van der Waals surface area contributed by atoms with Gasteiger partial charge >= 0.3 is 0 Å². The van der Waals surface area contributed by atoms with Crippen LogP contribution in [0.3, 0.4) is 0 Å². The Labute approximate surface area is 83.1 Å². The molecule has 1 aromatic carbocycles. The number of rotatable bonds is 4. The van der Waals surface area contributed by atoms with Crippen molar-refractivity contribution in [2.24, 2.45) is 0 Å². The van der Waals surface area contributed by atoms with E-state index in [1.165, 1.54) is 6.07 Å². The van der Waals surface area contributed by atoms with Crippen molar-refractivity contribution in [2.75, 3.05) is 6.54 Å². The number of nitrogens with one attached hydrogen (secondary N) is 1. The second-order valence-electron chi connectivity index (χ2n) is 3.57. The zero-order chi connectivity index (χ0) is 10.6. The normalized spacial score (nSPS) is 10.9. The summed E-state index contributed by atoms with van der Waals surface area (Å²) in [4.78, 5) is 0. The summed E-state index contributed by atoms with van der Waals surface area (Å²) in [5.74, 6) is -1.50. The zero-order valence-corrected chi connectivity index (χ0v) is 8.48. The third kappa shape index (κ3) is 3.07. The van der Waals surface area contributed by atoms with Crippen LogP contribution in [-0.4, -0.2) is 12.6 Å². The molecule has 0 fully saturated rings. The van der Waals surface area contributed by atoms with E-state index in [4.69, 9.17) is 0 Å². The van der Waals surface area contributed by atoms with Crippen LogP contribution in [0.15, 0.2) is 18.2 Å². The first-order valence-corrected chi connectivity index (χ1v) is 4.77. The molecular weight excluding hydrogens is 184 g/mol. The summed E-state index contributed by atoms with van der Waals surface area (Å²) in [5.41, 5.74) is 0.429. The molecule has 0 unspecified atom stereocenters. The number of hydrogen-bond donors (Lipinski definition) is 1. The molecule has 0 heterocycles. The smallest absolute Gasteiger partial charge is 0.162 e. The van der Waals surface area contributed by atoms with Gasteiger partial charge in [0, 0.05) is 6.04 Å². The van der Waals surface area contributed by atoms with Gasteiger partial charge in [-0.2, -0.15) is 0 Å². The predicted octanol–water partition coefficient (Wildman–Crippen LogP) is 2.51. The largest absolute Gasteiger partial charge is 0.314 e. The Bertz CT molecular complexity index is 297. The van der Waals surface area contributed by atoms with Crippen LogP contribution in [0.25, 0.3) is 0 Å². The van der Waals surface area contributed by atoms with E-state index in [1.807, 2.05) is 13.8 Å². The molecule has 1 N–H and O–H groups in total. The highest BCUT2D eigenvalue weighted by Gasteiger charge is 2.06. The van der Waals surface area contributed by atoms with E-state index in [1.54, 1.807) is 6.07 Å². The average molecular weight is 199 g/mol. The van der Waals surface area contributed by atoms with Crippen molar-refractivity contribution in [3.63, 3.8) is 0 Å². The van der Waals surface area contributed by atoms with Crippen molar-refractivity contribution >= 4 is 0 Å². The molecule has 0 spiro atoms. The van der Waals surface area contributed by atoms with Crippen LogP contribution in [0.5, 0.6) is 0 Å². The summed E-state index contributed by atoms with van der Waals surface area (Å²) in [6.07, 6.45) is 0.516. The maximum atomic E-state index is 13.1. The first kappa shape index (κ1) is 11.1. The molecule has 1 aromatic rings. The van der Waals surface area contributed by atoms with E-state index in [9.17, 15) is 8.78 Å². The van der Waals surface area contributed by atoms with Gasteiger partial charge in [-0.3, -0.25) is 0 Å². The van der Waals surface area contributed by atoms with Crippen LogP contribution in [-0.2, 0) is 6.42 Å². The van der Waals surface area contributed by atoms with Gasteiger partial charge in [-0.1, -0.05) is 26.0 Å². The Hall–Kier alpha value is -0.960. The Kier molecular flexibility index (Phi) is 4.01. The molecule has 1 nitrogen and oxygen atoms in total. The molecule has 3 heteroatoms. The minimum absolute atomic E-state index is 0.367. The Morgan fingerprint density at radius 2 is 2.00 bits per heavy atom. The molecule has 0 aromatic heterocycles. The average Bonchev–Trinajstić information content (AvgIpc) is 2.12. The first-order chi connectivity index (χ1) is 6.61. The minimum Gasteiger partial charge on any atom is -0.314 e. The molecule has 0 aliphatic heterocycles.